The molecule has 1 aliphatic heterocycles. The first-order chi connectivity index (χ1) is 16.7. The van der Waals surface area contributed by atoms with E-state index >= 15 is 0 Å². The summed E-state index contributed by atoms with van der Waals surface area (Å²) >= 11 is 0. The monoisotopic (exact) mass is 455 g/mol. The molecule has 0 atom stereocenters. The third-order valence-electron chi connectivity index (χ3n) is 5.82. The molecule has 7 nitrogen and oxygen atoms in total. The lowest BCUT2D eigenvalue weighted by Gasteiger charge is -2.39. The lowest BCUT2D eigenvalue weighted by atomic mass is 10.1. The Kier molecular flexibility index (Phi) is 6.56. The fraction of sp³-hybridized carbons (Fsp3) is 0.259. The summed E-state index contributed by atoms with van der Waals surface area (Å²) in [5.74, 6) is 2.82. The molecule has 0 N–H and O–H groups in total. The molecule has 34 heavy (non-hydrogen) atoms. The predicted octanol–water partition coefficient (Wildman–Crippen LogP) is 4.99. The third-order valence-corrected chi connectivity index (χ3v) is 5.82. The number of fused-ring (bicyclic) bond motifs is 1. The van der Waals surface area contributed by atoms with E-state index in [1.54, 1.807) is 6.33 Å². The summed E-state index contributed by atoms with van der Waals surface area (Å²) in [6.45, 7) is 3.93. The molecule has 174 valence electrons. The van der Waals surface area contributed by atoms with Gasteiger partial charge in [-0.05, 0) is 56.6 Å². The molecular weight excluding hydrogens is 426 g/mol. The topological polar surface area (TPSA) is 55.7 Å². The van der Waals surface area contributed by atoms with Crippen molar-refractivity contribution in [3.8, 4) is 23.1 Å². The maximum absolute atomic E-state index is 6.19. The van der Waals surface area contributed by atoms with Gasteiger partial charge >= 0.3 is 0 Å². The van der Waals surface area contributed by atoms with Crippen molar-refractivity contribution >= 4 is 11.0 Å². The van der Waals surface area contributed by atoms with Gasteiger partial charge < -0.3 is 18.9 Å². The van der Waals surface area contributed by atoms with Crippen LogP contribution in [0, 0.1) is 0 Å². The van der Waals surface area contributed by atoms with E-state index in [0.717, 1.165) is 48.7 Å². The van der Waals surface area contributed by atoms with Gasteiger partial charge in [0.25, 0.3) is 0 Å². The molecule has 4 aromatic rings. The lowest BCUT2D eigenvalue weighted by Crippen LogP contribution is -2.47. The Morgan fingerprint density at radius 1 is 0.882 bits per heavy atom. The number of benzene rings is 2. The minimum atomic E-state index is 0.384. The fourth-order valence-electron chi connectivity index (χ4n) is 4.03. The Hall–Kier alpha value is -3.68. The van der Waals surface area contributed by atoms with Crippen molar-refractivity contribution in [1.29, 1.82) is 0 Å². The van der Waals surface area contributed by atoms with Crippen molar-refractivity contribution in [2.45, 2.75) is 6.04 Å². The smallest absolute Gasteiger partial charge is 0.247 e. The van der Waals surface area contributed by atoms with Crippen LogP contribution >= 0.6 is 0 Å². The second-order valence-electron chi connectivity index (χ2n) is 8.73. The van der Waals surface area contributed by atoms with E-state index in [1.807, 2.05) is 60.7 Å². The zero-order valence-electron chi connectivity index (χ0n) is 19.5. The zero-order chi connectivity index (χ0) is 23.3. The molecule has 0 saturated carbocycles. The van der Waals surface area contributed by atoms with Crippen molar-refractivity contribution < 1.29 is 9.47 Å². The van der Waals surface area contributed by atoms with E-state index in [4.69, 9.17) is 9.47 Å². The van der Waals surface area contributed by atoms with Crippen molar-refractivity contribution in [3.05, 3.63) is 85.3 Å². The van der Waals surface area contributed by atoms with Gasteiger partial charge in [-0.3, -0.25) is 4.90 Å². The highest BCUT2D eigenvalue weighted by Crippen LogP contribution is 2.33. The first kappa shape index (κ1) is 22.1. The molecule has 2 aromatic heterocycles. The molecule has 3 heterocycles. The summed E-state index contributed by atoms with van der Waals surface area (Å²) < 4.78 is 14.3. The number of hydrogen-bond donors (Lipinski definition) is 0. The first-order valence-corrected chi connectivity index (χ1v) is 11.5. The molecular formula is C27H29N5O2. The van der Waals surface area contributed by atoms with Gasteiger partial charge in [-0.15, -0.1) is 0 Å². The van der Waals surface area contributed by atoms with Crippen molar-refractivity contribution in [1.82, 2.24) is 24.3 Å². The molecule has 0 aliphatic carbocycles. The molecule has 1 saturated heterocycles. The molecule has 0 amide bonds. The molecule has 5 rings (SSSR count). The van der Waals surface area contributed by atoms with Gasteiger partial charge in [0.1, 0.15) is 29.1 Å². The summed E-state index contributed by atoms with van der Waals surface area (Å²) in [5, 5.41) is 0. The summed E-state index contributed by atoms with van der Waals surface area (Å²) in [4.78, 5) is 13.5. The summed E-state index contributed by atoms with van der Waals surface area (Å²) in [7, 11) is 4.16. The van der Waals surface area contributed by atoms with Crippen LogP contribution in [0.4, 0.5) is 0 Å². The fourth-order valence-corrected chi connectivity index (χ4v) is 4.03. The zero-order valence-corrected chi connectivity index (χ0v) is 19.5. The van der Waals surface area contributed by atoms with Crippen LogP contribution in [-0.4, -0.2) is 64.6 Å². The van der Waals surface area contributed by atoms with Crippen LogP contribution in [-0.2, 0) is 0 Å². The molecule has 0 spiro atoms. The van der Waals surface area contributed by atoms with E-state index in [-0.39, 0.29) is 0 Å². The Morgan fingerprint density at radius 3 is 2.32 bits per heavy atom. The van der Waals surface area contributed by atoms with Crippen LogP contribution in [0.15, 0.2) is 85.3 Å². The number of aromatic nitrogens is 3. The Bertz CT molecular complexity index is 1250. The summed E-state index contributed by atoms with van der Waals surface area (Å²) in [5.41, 5.74) is 1.82. The van der Waals surface area contributed by atoms with Crippen LogP contribution < -0.4 is 9.47 Å². The van der Waals surface area contributed by atoms with E-state index < -0.39 is 0 Å². The number of hydrogen-bond acceptors (Lipinski definition) is 6. The maximum atomic E-state index is 6.19. The van der Waals surface area contributed by atoms with E-state index in [9.17, 15) is 0 Å². The molecule has 0 radical (unpaired) electrons. The lowest BCUT2D eigenvalue weighted by molar-refractivity contribution is 0.124. The minimum absolute atomic E-state index is 0.384. The van der Waals surface area contributed by atoms with Gasteiger partial charge in [0, 0.05) is 32.4 Å². The highest BCUT2D eigenvalue weighted by Gasteiger charge is 2.29. The first-order valence-electron chi connectivity index (χ1n) is 11.5. The Balaban J connectivity index is 1.26. The van der Waals surface area contributed by atoms with E-state index in [2.05, 4.69) is 56.8 Å². The minimum Gasteiger partial charge on any atom is -0.457 e. The van der Waals surface area contributed by atoms with Crippen LogP contribution in [0.3, 0.4) is 0 Å². The molecule has 0 bridgehead atoms. The Morgan fingerprint density at radius 2 is 1.59 bits per heavy atom. The van der Waals surface area contributed by atoms with Gasteiger partial charge in [0.15, 0.2) is 0 Å². The van der Waals surface area contributed by atoms with Crippen LogP contribution in [0.2, 0.25) is 0 Å². The highest BCUT2D eigenvalue weighted by molar-refractivity contribution is 5.81. The SMILES string of the molecule is CN(C)C/C=C/CN1CC(n2ccc3ncnc(Oc4ccc(Oc5ccccc5)cc4)c32)C1. The number of likely N-dealkylation sites (N-methyl/N-ethyl adjacent to an activating group) is 1. The van der Waals surface area contributed by atoms with Crippen molar-refractivity contribution in [3.63, 3.8) is 0 Å². The highest BCUT2D eigenvalue weighted by atomic mass is 16.5. The van der Waals surface area contributed by atoms with Crippen molar-refractivity contribution in [2.24, 2.45) is 0 Å². The summed E-state index contributed by atoms with van der Waals surface area (Å²) in [6, 6.07) is 19.7. The molecule has 1 fully saturated rings. The number of para-hydroxylation sites is 1. The standard InChI is InChI=1S/C27H29N5O2/c1-30(2)15-6-7-16-31-18-21(19-31)32-17-14-25-26(32)27(29-20-28-25)34-24-12-10-23(11-13-24)33-22-8-4-3-5-9-22/h3-14,17,20-21H,15-16,18-19H2,1-2H3/b7-6+. The largest absolute Gasteiger partial charge is 0.457 e. The van der Waals surface area contributed by atoms with Crippen molar-refractivity contribution in [2.75, 3.05) is 40.3 Å². The van der Waals surface area contributed by atoms with Gasteiger partial charge in [0.05, 0.1) is 11.6 Å². The quantitative estimate of drug-likeness (QED) is 0.332. The van der Waals surface area contributed by atoms with Crippen LogP contribution in [0.1, 0.15) is 6.04 Å². The molecule has 0 unspecified atom stereocenters. The second-order valence-corrected chi connectivity index (χ2v) is 8.73. The van der Waals surface area contributed by atoms with Crippen LogP contribution in [0.25, 0.3) is 11.0 Å². The predicted molar refractivity (Wildman–Crippen MR) is 134 cm³/mol. The number of nitrogens with zero attached hydrogens (tertiary/aromatic N) is 5. The van der Waals surface area contributed by atoms with Gasteiger partial charge in [0.2, 0.25) is 5.88 Å². The van der Waals surface area contributed by atoms with Gasteiger partial charge in [-0.25, -0.2) is 4.98 Å². The number of rotatable bonds is 9. The average molecular weight is 456 g/mol. The van der Waals surface area contributed by atoms with E-state index in [1.165, 1.54) is 0 Å². The average Bonchev–Trinajstić information content (AvgIpc) is 3.24. The van der Waals surface area contributed by atoms with Gasteiger partial charge in [-0.2, -0.15) is 4.98 Å². The Labute approximate surface area is 199 Å². The third kappa shape index (κ3) is 5.11. The number of ether oxygens (including phenoxy) is 2. The molecule has 2 aromatic carbocycles. The normalized spacial score (nSPS) is 14.7. The summed E-state index contributed by atoms with van der Waals surface area (Å²) in [6.07, 6.45) is 8.10. The second kappa shape index (κ2) is 10.1. The number of likely N-dealkylation sites (tertiary alicyclic amines) is 1. The maximum Gasteiger partial charge on any atom is 0.247 e. The van der Waals surface area contributed by atoms with Crippen LogP contribution in [0.5, 0.6) is 23.1 Å². The molecule has 1 aliphatic rings. The van der Waals surface area contributed by atoms with E-state index in [0.29, 0.717) is 17.7 Å². The van der Waals surface area contributed by atoms with Gasteiger partial charge in [-0.1, -0.05) is 30.4 Å². The molecule has 7 heteroatoms.